The van der Waals surface area contributed by atoms with Gasteiger partial charge in [-0.25, -0.2) is 0 Å². The van der Waals surface area contributed by atoms with E-state index >= 15 is 0 Å². The number of rotatable bonds is 6. The van der Waals surface area contributed by atoms with E-state index in [9.17, 15) is 0 Å². The second kappa shape index (κ2) is 8.02. The molecule has 0 spiro atoms. The third-order valence-corrected chi connectivity index (χ3v) is 4.48. The SMILES string of the molecule is COc1ccc(CNC2CC=CCC(c3ccno3)C2)cc1OC. The fourth-order valence-corrected chi connectivity index (χ4v) is 3.14. The summed E-state index contributed by atoms with van der Waals surface area (Å²) >= 11 is 0. The van der Waals surface area contributed by atoms with Gasteiger partial charge in [0.1, 0.15) is 5.76 Å². The lowest BCUT2D eigenvalue weighted by molar-refractivity contribution is 0.337. The maximum atomic E-state index is 5.37. The molecule has 1 aromatic heterocycles. The van der Waals surface area contributed by atoms with Crippen LogP contribution in [0.25, 0.3) is 0 Å². The molecule has 5 nitrogen and oxygen atoms in total. The second-order valence-corrected chi connectivity index (χ2v) is 6.06. The molecular formula is C19H24N2O3. The maximum absolute atomic E-state index is 5.37. The highest BCUT2D eigenvalue weighted by atomic mass is 16.5. The number of benzene rings is 1. The quantitative estimate of drug-likeness (QED) is 0.820. The summed E-state index contributed by atoms with van der Waals surface area (Å²) in [6.45, 7) is 0.794. The first-order valence-electron chi connectivity index (χ1n) is 8.30. The molecule has 0 fully saturated rings. The van der Waals surface area contributed by atoms with Gasteiger partial charge >= 0.3 is 0 Å². The molecule has 0 saturated heterocycles. The summed E-state index contributed by atoms with van der Waals surface area (Å²) < 4.78 is 16.0. The summed E-state index contributed by atoms with van der Waals surface area (Å²) in [7, 11) is 3.31. The molecule has 0 amide bonds. The average molecular weight is 328 g/mol. The molecule has 1 aliphatic rings. The number of ether oxygens (including phenoxy) is 2. The van der Waals surface area contributed by atoms with E-state index in [0.29, 0.717) is 12.0 Å². The van der Waals surface area contributed by atoms with Crippen LogP contribution in [0.3, 0.4) is 0 Å². The van der Waals surface area contributed by atoms with Crippen molar-refractivity contribution in [3.05, 3.63) is 53.9 Å². The van der Waals surface area contributed by atoms with E-state index in [1.54, 1.807) is 20.4 Å². The van der Waals surface area contributed by atoms with E-state index < -0.39 is 0 Å². The van der Waals surface area contributed by atoms with Gasteiger partial charge in [0.25, 0.3) is 0 Å². The van der Waals surface area contributed by atoms with Crippen molar-refractivity contribution in [2.75, 3.05) is 14.2 Å². The first-order chi connectivity index (χ1) is 11.8. The number of nitrogens with zero attached hydrogens (tertiary/aromatic N) is 1. The van der Waals surface area contributed by atoms with Gasteiger partial charge in [0.2, 0.25) is 0 Å². The van der Waals surface area contributed by atoms with Gasteiger partial charge in [-0.3, -0.25) is 0 Å². The Morgan fingerprint density at radius 3 is 2.71 bits per heavy atom. The monoisotopic (exact) mass is 328 g/mol. The van der Waals surface area contributed by atoms with Crippen molar-refractivity contribution in [2.45, 2.75) is 37.8 Å². The number of allylic oxidation sites excluding steroid dienone is 1. The Balaban J connectivity index is 1.62. The van der Waals surface area contributed by atoms with E-state index in [4.69, 9.17) is 14.0 Å². The van der Waals surface area contributed by atoms with Crippen LogP contribution in [0.1, 0.15) is 36.5 Å². The van der Waals surface area contributed by atoms with Gasteiger partial charge < -0.3 is 19.3 Å². The fraction of sp³-hybridized carbons (Fsp3) is 0.421. The Bertz CT molecular complexity index is 667. The second-order valence-electron chi connectivity index (χ2n) is 6.06. The number of methoxy groups -OCH3 is 2. The third kappa shape index (κ3) is 3.97. The molecule has 2 unspecified atom stereocenters. The van der Waals surface area contributed by atoms with Crippen LogP contribution < -0.4 is 14.8 Å². The van der Waals surface area contributed by atoms with Crippen molar-refractivity contribution in [2.24, 2.45) is 0 Å². The molecule has 0 radical (unpaired) electrons. The Labute approximate surface area is 142 Å². The van der Waals surface area contributed by atoms with Crippen LogP contribution >= 0.6 is 0 Å². The molecule has 2 atom stereocenters. The molecule has 1 heterocycles. The Morgan fingerprint density at radius 2 is 1.96 bits per heavy atom. The van der Waals surface area contributed by atoms with Crippen LogP contribution in [0.5, 0.6) is 11.5 Å². The molecule has 128 valence electrons. The highest BCUT2D eigenvalue weighted by Crippen LogP contribution is 2.30. The van der Waals surface area contributed by atoms with Crippen molar-refractivity contribution < 1.29 is 14.0 Å². The van der Waals surface area contributed by atoms with Gasteiger partial charge in [0.15, 0.2) is 11.5 Å². The van der Waals surface area contributed by atoms with E-state index in [0.717, 1.165) is 43.1 Å². The van der Waals surface area contributed by atoms with Gasteiger partial charge in [-0.15, -0.1) is 0 Å². The van der Waals surface area contributed by atoms with Crippen molar-refractivity contribution >= 4 is 0 Å². The Kier molecular flexibility index (Phi) is 5.54. The lowest BCUT2D eigenvalue weighted by Gasteiger charge is -2.20. The van der Waals surface area contributed by atoms with E-state index in [1.165, 1.54) is 5.56 Å². The summed E-state index contributed by atoms with van der Waals surface area (Å²) in [4.78, 5) is 0. The van der Waals surface area contributed by atoms with Gasteiger partial charge in [-0.2, -0.15) is 0 Å². The van der Waals surface area contributed by atoms with Gasteiger partial charge in [-0.1, -0.05) is 23.4 Å². The first kappa shape index (κ1) is 16.6. The van der Waals surface area contributed by atoms with Crippen LogP contribution in [0.2, 0.25) is 0 Å². The molecule has 3 rings (SSSR count). The van der Waals surface area contributed by atoms with E-state index in [1.807, 2.05) is 18.2 Å². The molecule has 5 heteroatoms. The lowest BCUT2D eigenvalue weighted by atomic mass is 9.95. The molecule has 1 aliphatic carbocycles. The summed E-state index contributed by atoms with van der Waals surface area (Å²) in [5, 5.41) is 7.49. The third-order valence-electron chi connectivity index (χ3n) is 4.48. The number of hydrogen-bond donors (Lipinski definition) is 1. The summed E-state index contributed by atoms with van der Waals surface area (Å²) in [5.74, 6) is 2.87. The zero-order valence-electron chi connectivity index (χ0n) is 14.2. The lowest BCUT2D eigenvalue weighted by Crippen LogP contribution is -2.29. The molecule has 1 aromatic carbocycles. The fourth-order valence-electron chi connectivity index (χ4n) is 3.14. The molecule has 0 saturated carbocycles. The van der Waals surface area contributed by atoms with E-state index in [2.05, 4.69) is 28.7 Å². The highest BCUT2D eigenvalue weighted by molar-refractivity contribution is 5.42. The Hall–Kier alpha value is -2.27. The van der Waals surface area contributed by atoms with Gasteiger partial charge in [0.05, 0.1) is 20.4 Å². The average Bonchev–Trinajstić information content (AvgIpc) is 3.05. The van der Waals surface area contributed by atoms with E-state index in [-0.39, 0.29) is 0 Å². The molecule has 0 aliphatic heterocycles. The number of aromatic nitrogens is 1. The topological polar surface area (TPSA) is 56.5 Å². The molecular weight excluding hydrogens is 304 g/mol. The van der Waals surface area contributed by atoms with Gasteiger partial charge in [-0.05, 0) is 37.0 Å². The minimum absolute atomic E-state index is 0.383. The molecule has 24 heavy (non-hydrogen) atoms. The summed E-state index contributed by atoms with van der Waals surface area (Å²) in [6.07, 6.45) is 9.28. The zero-order valence-corrected chi connectivity index (χ0v) is 14.2. The molecule has 0 bridgehead atoms. The van der Waals surface area contributed by atoms with Crippen LogP contribution in [0.15, 0.2) is 47.1 Å². The van der Waals surface area contributed by atoms with Crippen LogP contribution in [0.4, 0.5) is 0 Å². The predicted molar refractivity (Wildman–Crippen MR) is 92.4 cm³/mol. The molecule has 1 N–H and O–H groups in total. The Morgan fingerprint density at radius 1 is 1.12 bits per heavy atom. The standard InChI is InChI=1S/C19H24N2O3/c1-22-18-8-7-14(11-19(18)23-2)13-20-16-6-4-3-5-15(12-16)17-9-10-21-24-17/h3-4,7-11,15-16,20H,5-6,12-13H2,1-2H3. The van der Waals surface area contributed by atoms with Crippen molar-refractivity contribution in [3.8, 4) is 11.5 Å². The highest BCUT2D eigenvalue weighted by Gasteiger charge is 2.21. The summed E-state index contributed by atoms with van der Waals surface area (Å²) in [5.41, 5.74) is 1.18. The smallest absolute Gasteiger partial charge is 0.161 e. The largest absolute Gasteiger partial charge is 0.493 e. The summed E-state index contributed by atoms with van der Waals surface area (Å²) in [6, 6.07) is 8.41. The van der Waals surface area contributed by atoms with Crippen LogP contribution in [-0.4, -0.2) is 25.4 Å². The van der Waals surface area contributed by atoms with Crippen molar-refractivity contribution in [1.82, 2.24) is 10.5 Å². The van der Waals surface area contributed by atoms with Crippen molar-refractivity contribution in [3.63, 3.8) is 0 Å². The first-order valence-corrected chi connectivity index (χ1v) is 8.30. The predicted octanol–water partition coefficient (Wildman–Crippen LogP) is 3.67. The zero-order chi connectivity index (χ0) is 16.8. The number of nitrogens with one attached hydrogen (secondary N) is 1. The van der Waals surface area contributed by atoms with Crippen LogP contribution in [-0.2, 0) is 6.54 Å². The maximum Gasteiger partial charge on any atom is 0.161 e. The normalized spacial score (nSPS) is 20.6. The molecule has 2 aromatic rings. The number of hydrogen-bond acceptors (Lipinski definition) is 5. The minimum Gasteiger partial charge on any atom is -0.493 e. The van der Waals surface area contributed by atoms with Gasteiger partial charge in [0, 0.05) is 24.6 Å². The van der Waals surface area contributed by atoms with Crippen molar-refractivity contribution in [1.29, 1.82) is 0 Å². The minimum atomic E-state index is 0.383. The van der Waals surface area contributed by atoms with Crippen LogP contribution in [0, 0.1) is 0 Å².